The van der Waals surface area contributed by atoms with Crippen molar-refractivity contribution in [1.82, 2.24) is 5.32 Å². The van der Waals surface area contributed by atoms with Gasteiger partial charge >= 0.3 is 0 Å². The van der Waals surface area contributed by atoms with Gasteiger partial charge in [-0.3, -0.25) is 0 Å². The molecule has 0 aliphatic heterocycles. The highest BCUT2D eigenvalue weighted by molar-refractivity contribution is 6.42. The second-order valence-corrected chi connectivity index (χ2v) is 7.36. The molecule has 1 aromatic carbocycles. The van der Waals surface area contributed by atoms with Crippen molar-refractivity contribution < 1.29 is 0 Å². The standard InChI is InChI=1S/C17H23Cl2N/c1-20-15(9-13-3-2-4-16(18)17(13)19)10-14-8-11-5-6-12(14)7-11/h2-4,11-12,14-15,20H,5-10H2,1H3. The van der Waals surface area contributed by atoms with E-state index >= 15 is 0 Å². The summed E-state index contributed by atoms with van der Waals surface area (Å²) in [6.45, 7) is 0. The van der Waals surface area contributed by atoms with E-state index in [1.54, 1.807) is 0 Å². The molecule has 0 heterocycles. The first kappa shape index (κ1) is 14.7. The summed E-state index contributed by atoms with van der Waals surface area (Å²) in [5.74, 6) is 2.94. The molecule has 3 heteroatoms. The van der Waals surface area contributed by atoms with E-state index in [1.807, 2.05) is 12.1 Å². The Morgan fingerprint density at radius 1 is 1.25 bits per heavy atom. The van der Waals surface area contributed by atoms with Gasteiger partial charge in [-0.1, -0.05) is 41.8 Å². The van der Waals surface area contributed by atoms with Gasteiger partial charge in [-0.25, -0.2) is 0 Å². The fourth-order valence-electron chi connectivity index (χ4n) is 4.31. The normalized spacial score (nSPS) is 29.9. The summed E-state index contributed by atoms with van der Waals surface area (Å²) in [6.07, 6.45) is 8.13. The summed E-state index contributed by atoms with van der Waals surface area (Å²) < 4.78 is 0. The lowest BCUT2D eigenvalue weighted by atomic mass is 9.83. The van der Waals surface area contributed by atoms with E-state index in [0.717, 1.165) is 29.2 Å². The molecule has 2 saturated carbocycles. The average Bonchev–Trinajstić information content (AvgIpc) is 3.05. The highest BCUT2D eigenvalue weighted by Crippen LogP contribution is 2.50. The number of benzene rings is 1. The molecule has 1 nitrogen and oxygen atoms in total. The Bertz CT molecular complexity index is 474. The van der Waals surface area contributed by atoms with E-state index in [2.05, 4.69) is 18.4 Å². The van der Waals surface area contributed by atoms with E-state index in [4.69, 9.17) is 23.2 Å². The third-order valence-electron chi connectivity index (χ3n) is 5.38. The number of halogens is 2. The van der Waals surface area contributed by atoms with E-state index in [1.165, 1.54) is 37.7 Å². The van der Waals surface area contributed by atoms with Crippen LogP contribution >= 0.6 is 23.2 Å². The first-order chi connectivity index (χ1) is 9.67. The zero-order valence-corrected chi connectivity index (χ0v) is 13.6. The molecule has 2 fully saturated rings. The second kappa shape index (κ2) is 6.25. The quantitative estimate of drug-likeness (QED) is 0.811. The maximum absolute atomic E-state index is 6.31. The summed E-state index contributed by atoms with van der Waals surface area (Å²) in [4.78, 5) is 0. The lowest BCUT2D eigenvalue weighted by Crippen LogP contribution is -2.31. The number of nitrogens with one attached hydrogen (secondary N) is 1. The van der Waals surface area contributed by atoms with Gasteiger partial charge in [0.2, 0.25) is 0 Å². The number of fused-ring (bicyclic) bond motifs is 2. The van der Waals surface area contributed by atoms with Crippen molar-refractivity contribution in [3.8, 4) is 0 Å². The predicted molar refractivity (Wildman–Crippen MR) is 86.6 cm³/mol. The largest absolute Gasteiger partial charge is 0.317 e. The van der Waals surface area contributed by atoms with Crippen molar-refractivity contribution >= 4 is 23.2 Å². The molecule has 1 N–H and O–H groups in total. The molecule has 2 aliphatic carbocycles. The van der Waals surface area contributed by atoms with Gasteiger partial charge in [0.15, 0.2) is 0 Å². The lowest BCUT2D eigenvalue weighted by Gasteiger charge is -2.27. The number of hydrogen-bond acceptors (Lipinski definition) is 1. The molecule has 0 spiro atoms. The maximum Gasteiger partial charge on any atom is 0.0624 e. The molecule has 4 atom stereocenters. The Hall–Kier alpha value is -0.240. The highest BCUT2D eigenvalue weighted by Gasteiger charge is 2.39. The van der Waals surface area contributed by atoms with Gasteiger partial charge in [0.05, 0.1) is 10.0 Å². The summed E-state index contributed by atoms with van der Waals surface area (Å²) in [7, 11) is 2.07. The molecule has 3 rings (SSSR count). The maximum atomic E-state index is 6.31. The Morgan fingerprint density at radius 3 is 2.75 bits per heavy atom. The highest BCUT2D eigenvalue weighted by atomic mass is 35.5. The molecule has 0 radical (unpaired) electrons. The SMILES string of the molecule is CNC(Cc1cccc(Cl)c1Cl)CC1CC2CCC1C2. The van der Waals surface area contributed by atoms with E-state index in [-0.39, 0.29) is 0 Å². The van der Waals surface area contributed by atoms with Crippen LogP contribution < -0.4 is 5.32 Å². The monoisotopic (exact) mass is 311 g/mol. The Balaban J connectivity index is 1.63. The molecule has 4 unspecified atom stereocenters. The van der Waals surface area contributed by atoms with Crippen LogP contribution in [-0.4, -0.2) is 13.1 Å². The van der Waals surface area contributed by atoms with Crippen LogP contribution in [0.5, 0.6) is 0 Å². The molecule has 110 valence electrons. The summed E-state index contributed by atoms with van der Waals surface area (Å²) in [5, 5.41) is 4.87. The fourth-order valence-corrected chi connectivity index (χ4v) is 4.70. The van der Waals surface area contributed by atoms with Crippen molar-refractivity contribution in [3.05, 3.63) is 33.8 Å². The van der Waals surface area contributed by atoms with Crippen LogP contribution in [0.3, 0.4) is 0 Å². The lowest BCUT2D eigenvalue weighted by molar-refractivity contribution is 0.281. The van der Waals surface area contributed by atoms with Crippen molar-refractivity contribution in [3.63, 3.8) is 0 Å². The van der Waals surface area contributed by atoms with E-state index < -0.39 is 0 Å². The molecule has 1 aromatic rings. The minimum atomic E-state index is 0.510. The van der Waals surface area contributed by atoms with Gasteiger partial charge in [0.25, 0.3) is 0 Å². The van der Waals surface area contributed by atoms with Crippen LogP contribution in [0.4, 0.5) is 0 Å². The predicted octanol–water partition coefficient (Wildman–Crippen LogP) is 4.95. The van der Waals surface area contributed by atoms with E-state index in [9.17, 15) is 0 Å². The van der Waals surface area contributed by atoms with Crippen LogP contribution in [0.1, 0.15) is 37.7 Å². The van der Waals surface area contributed by atoms with Crippen LogP contribution in [-0.2, 0) is 6.42 Å². The minimum Gasteiger partial charge on any atom is -0.317 e. The minimum absolute atomic E-state index is 0.510. The summed E-state index contributed by atoms with van der Waals surface area (Å²) in [5.41, 5.74) is 1.17. The van der Waals surface area contributed by atoms with Gasteiger partial charge in [0.1, 0.15) is 0 Å². The van der Waals surface area contributed by atoms with Crippen LogP contribution in [0, 0.1) is 17.8 Å². The van der Waals surface area contributed by atoms with Gasteiger partial charge in [-0.05, 0) is 68.5 Å². The van der Waals surface area contributed by atoms with Crippen molar-refractivity contribution in [2.24, 2.45) is 17.8 Å². The van der Waals surface area contributed by atoms with Crippen LogP contribution in [0.25, 0.3) is 0 Å². The molecular formula is C17H23Cl2N. The molecule has 0 aromatic heterocycles. The fraction of sp³-hybridized carbons (Fsp3) is 0.647. The molecule has 0 saturated heterocycles. The van der Waals surface area contributed by atoms with Gasteiger partial charge < -0.3 is 5.32 Å². The topological polar surface area (TPSA) is 12.0 Å². The van der Waals surface area contributed by atoms with Crippen molar-refractivity contribution in [1.29, 1.82) is 0 Å². The van der Waals surface area contributed by atoms with Crippen molar-refractivity contribution in [2.45, 2.75) is 44.6 Å². The number of likely N-dealkylation sites (N-methyl/N-ethyl adjacent to an activating group) is 1. The van der Waals surface area contributed by atoms with Crippen LogP contribution in [0.15, 0.2) is 18.2 Å². The zero-order chi connectivity index (χ0) is 14.1. The first-order valence-electron chi connectivity index (χ1n) is 7.77. The van der Waals surface area contributed by atoms with E-state index in [0.29, 0.717) is 11.1 Å². The molecule has 20 heavy (non-hydrogen) atoms. The third-order valence-corrected chi connectivity index (χ3v) is 6.24. The Morgan fingerprint density at radius 2 is 2.10 bits per heavy atom. The zero-order valence-electron chi connectivity index (χ0n) is 12.0. The summed E-state index contributed by atoms with van der Waals surface area (Å²) in [6, 6.07) is 6.46. The number of rotatable bonds is 5. The van der Waals surface area contributed by atoms with Crippen molar-refractivity contribution in [2.75, 3.05) is 7.05 Å². The number of hydrogen-bond donors (Lipinski definition) is 1. The smallest absolute Gasteiger partial charge is 0.0624 e. The average molecular weight is 312 g/mol. The molecule has 2 aliphatic rings. The Labute approximate surface area is 132 Å². The molecule has 0 amide bonds. The molecule has 2 bridgehead atoms. The van der Waals surface area contributed by atoms with Crippen LogP contribution in [0.2, 0.25) is 10.0 Å². The third kappa shape index (κ3) is 3.00. The van der Waals surface area contributed by atoms with Gasteiger partial charge in [-0.2, -0.15) is 0 Å². The summed E-state index contributed by atoms with van der Waals surface area (Å²) >= 11 is 12.4. The molecular weight excluding hydrogens is 289 g/mol. The second-order valence-electron chi connectivity index (χ2n) is 6.57. The first-order valence-corrected chi connectivity index (χ1v) is 8.53. The van der Waals surface area contributed by atoms with Gasteiger partial charge in [-0.15, -0.1) is 0 Å². The van der Waals surface area contributed by atoms with Gasteiger partial charge in [0, 0.05) is 6.04 Å². The Kier molecular flexibility index (Phi) is 4.59.